The van der Waals surface area contributed by atoms with Crippen LogP contribution in [0, 0.1) is 0 Å². The Labute approximate surface area is 260 Å². The highest BCUT2D eigenvalue weighted by Gasteiger charge is 2.00. The molecule has 0 bridgehead atoms. The van der Waals surface area contributed by atoms with E-state index < -0.39 is 0 Å². The molecule has 0 aliphatic heterocycles. The van der Waals surface area contributed by atoms with Crippen LogP contribution in [0.2, 0.25) is 0 Å². The molecular weight excluding hydrogens is 498 g/mol. The van der Waals surface area contributed by atoms with Crippen molar-refractivity contribution in [1.29, 1.82) is 0 Å². The lowest BCUT2D eigenvalue weighted by Gasteiger charge is -2.22. The number of hydrazine groups is 2. The van der Waals surface area contributed by atoms with Gasteiger partial charge in [0.1, 0.15) is 0 Å². The summed E-state index contributed by atoms with van der Waals surface area (Å²) in [6, 6.07) is 0. The Morgan fingerprint density at radius 2 is 0.610 bits per heavy atom. The topological polar surface area (TPSA) is 27.3 Å². The van der Waals surface area contributed by atoms with Gasteiger partial charge in [0.25, 0.3) is 0 Å². The van der Waals surface area contributed by atoms with Gasteiger partial charge in [0.05, 0.1) is 0 Å². The number of allylic oxidation sites excluding steroid dienone is 4. The summed E-state index contributed by atoms with van der Waals surface area (Å²) in [7, 11) is 0. The minimum absolute atomic E-state index is 1.01. The molecule has 0 fully saturated rings. The first-order valence-corrected chi connectivity index (χ1v) is 18.9. The van der Waals surface area contributed by atoms with Crippen LogP contribution < -0.4 is 10.9 Å². The van der Waals surface area contributed by atoms with Gasteiger partial charge in [-0.05, 0) is 71.1 Å². The Bertz CT molecular complexity index is 472. The van der Waals surface area contributed by atoms with Crippen LogP contribution in [0.3, 0.4) is 0 Å². The van der Waals surface area contributed by atoms with E-state index in [4.69, 9.17) is 0 Å². The smallest absolute Gasteiger partial charge is 0.0259 e. The van der Waals surface area contributed by atoms with Crippen molar-refractivity contribution in [3.8, 4) is 0 Å². The van der Waals surface area contributed by atoms with Gasteiger partial charge in [0.2, 0.25) is 0 Å². The normalized spacial score (nSPS) is 12.1. The van der Waals surface area contributed by atoms with Crippen molar-refractivity contribution in [3.05, 3.63) is 24.3 Å². The lowest BCUT2D eigenvalue weighted by atomic mass is 10.1. The highest BCUT2D eigenvalue weighted by atomic mass is 15.7. The van der Waals surface area contributed by atoms with Crippen LogP contribution in [-0.4, -0.2) is 24.8 Å². The Kier molecular flexibility index (Phi) is 36.8. The van der Waals surface area contributed by atoms with Crippen molar-refractivity contribution >= 4 is 0 Å². The molecule has 0 spiro atoms. The predicted octanol–water partition coefficient (Wildman–Crippen LogP) is 12.4. The van der Waals surface area contributed by atoms with E-state index >= 15 is 0 Å². The van der Waals surface area contributed by atoms with Crippen LogP contribution >= 0.6 is 0 Å². The first kappa shape index (κ1) is 40.4. The van der Waals surface area contributed by atoms with E-state index in [9.17, 15) is 0 Å². The monoisotopic (exact) mass is 576 g/mol. The van der Waals surface area contributed by atoms with Crippen molar-refractivity contribution in [3.63, 3.8) is 0 Å². The van der Waals surface area contributed by atoms with E-state index in [0.29, 0.717) is 0 Å². The summed E-state index contributed by atoms with van der Waals surface area (Å²) in [5.41, 5.74) is 7.16. The molecule has 41 heavy (non-hydrogen) atoms. The van der Waals surface area contributed by atoms with Gasteiger partial charge in [-0.2, -0.15) is 5.12 Å². The molecule has 0 radical (unpaired) electrons. The quantitative estimate of drug-likeness (QED) is 0.0447. The molecule has 0 aromatic heterocycles. The van der Waals surface area contributed by atoms with E-state index in [2.05, 4.69) is 61.0 Å². The van der Waals surface area contributed by atoms with Crippen LogP contribution in [-0.2, 0) is 0 Å². The van der Waals surface area contributed by atoms with Gasteiger partial charge in [-0.15, -0.1) is 0 Å². The Balaban J connectivity index is 3.33. The van der Waals surface area contributed by atoms with Gasteiger partial charge in [-0.25, -0.2) is 10.9 Å². The second-order valence-electron chi connectivity index (χ2n) is 12.4. The van der Waals surface area contributed by atoms with Crippen LogP contribution in [0.25, 0.3) is 0 Å². The maximum absolute atomic E-state index is 3.58. The van der Waals surface area contributed by atoms with E-state index in [1.165, 1.54) is 180 Å². The molecule has 3 nitrogen and oxygen atoms in total. The fraction of sp³-hybridized carbons (Fsp3) is 0.895. The van der Waals surface area contributed by atoms with Crippen molar-refractivity contribution in [2.45, 2.75) is 201 Å². The molecule has 0 saturated heterocycles. The lowest BCUT2D eigenvalue weighted by molar-refractivity contribution is 0.120. The standard InChI is InChI=1S/C38H77N3/c1-4-7-9-11-13-15-17-19-21-23-25-27-29-31-33-35-37-39-41(6-3)40-38-36-34-32-30-28-26-24-22-20-18-16-14-12-10-8-5-2/h19-22,39-40H,4-18,23-38H2,1-3H3/b21-19-,22-20-. The van der Waals surface area contributed by atoms with Gasteiger partial charge >= 0.3 is 0 Å². The third-order valence-corrected chi connectivity index (χ3v) is 8.30. The van der Waals surface area contributed by atoms with Crippen molar-refractivity contribution < 1.29 is 0 Å². The minimum Gasteiger partial charge on any atom is -0.242 e. The molecule has 244 valence electrons. The second-order valence-corrected chi connectivity index (χ2v) is 12.4. The van der Waals surface area contributed by atoms with Gasteiger partial charge in [0.15, 0.2) is 0 Å². The van der Waals surface area contributed by atoms with Crippen molar-refractivity contribution in [2.75, 3.05) is 19.6 Å². The van der Waals surface area contributed by atoms with Crippen LogP contribution in [0.4, 0.5) is 0 Å². The predicted molar refractivity (Wildman–Crippen MR) is 187 cm³/mol. The van der Waals surface area contributed by atoms with E-state index in [0.717, 1.165) is 19.6 Å². The van der Waals surface area contributed by atoms with Gasteiger partial charge < -0.3 is 0 Å². The molecule has 0 heterocycles. The molecule has 0 aromatic rings. The molecule has 0 aliphatic rings. The summed E-state index contributed by atoms with van der Waals surface area (Å²) in [6.07, 6.45) is 48.1. The zero-order valence-electron chi connectivity index (χ0n) is 28.7. The average molecular weight is 576 g/mol. The Hall–Kier alpha value is -0.640. The summed E-state index contributed by atoms with van der Waals surface area (Å²) in [5, 5.41) is 2.20. The highest BCUT2D eigenvalue weighted by molar-refractivity contribution is 4.82. The SMILES string of the molecule is CCCCCCCC/C=C\CCCCCCCCNN(CC)NCCCCCCCC/C=C\CCCCCCCC. The summed E-state index contributed by atoms with van der Waals surface area (Å²) in [6.45, 7) is 10.0. The van der Waals surface area contributed by atoms with Crippen molar-refractivity contribution in [2.24, 2.45) is 0 Å². The molecule has 0 unspecified atom stereocenters. The molecule has 0 aromatic carbocycles. The van der Waals surface area contributed by atoms with Crippen LogP contribution in [0.5, 0.6) is 0 Å². The molecule has 0 rings (SSSR count). The van der Waals surface area contributed by atoms with E-state index in [-0.39, 0.29) is 0 Å². The first-order chi connectivity index (χ1) is 20.3. The van der Waals surface area contributed by atoms with Gasteiger partial charge in [-0.1, -0.05) is 154 Å². The number of hydrogen-bond donors (Lipinski definition) is 2. The maximum Gasteiger partial charge on any atom is 0.0259 e. The highest BCUT2D eigenvalue weighted by Crippen LogP contribution is 2.11. The van der Waals surface area contributed by atoms with Gasteiger partial charge in [-0.3, -0.25) is 0 Å². The molecule has 0 saturated carbocycles. The fourth-order valence-corrected chi connectivity index (χ4v) is 5.45. The average Bonchev–Trinajstić information content (AvgIpc) is 2.99. The number of hydrogen-bond acceptors (Lipinski definition) is 3. The third kappa shape index (κ3) is 35.5. The zero-order chi connectivity index (χ0) is 29.7. The molecule has 0 atom stereocenters. The van der Waals surface area contributed by atoms with Crippen LogP contribution in [0.15, 0.2) is 24.3 Å². The van der Waals surface area contributed by atoms with E-state index in [1.807, 2.05) is 0 Å². The molecule has 3 heteroatoms. The van der Waals surface area contributed by atoms with Gasteiger partial charge in [0, 0.05) is 19.6 Å². The molecule has 0 aliphatic carbocycles. The molecular formula is C38H77N3. The van der Waals surface area contributed by atoms with Crippen molar-refractivity contribution in [1.82, 2.24) is 16.0 Å². The zero-order valence-corrected chi connectivity index (χ0v) is 28.7. The Morgan fingerprint density at radius 1 is 0.341 bits per heavy atom. The first-order valence-electron chi connectivity index (χ1n) is 18.9. The molecule has 0 amide bonds. The summed E-state index contributed by atoms with van der Waals surface area (Å²) in [4.78, 5) is 0. The van der Waals surface area contributed by atoms with Crippen LogP contribution in [0.1, 0.15) is 201 Å². The number of unbranched alkanes of at least 4 members (excludes halogenated alkanes) is 24. The summed E-state index contributed by atoms with van der Waals surface area (Å²) < 4.78 is 0. The second kappa shape index (κ2) is 37.4. The summed E-state index contributed by atoms with van der Waals surface area (Å²) in [5.74, 6) is 0. The summed E-state index contributed by atoms with van der Waals surface area (Å²) >= 11 is 0. The fourth-order valence-electron chi connectivity index (χ4n) is 5.45. The minimum atomic E-state index is 1.01. The lowest BCUT2D eigenvalue weighted by Crippen LogP contribution is -2.48. The van der Waals surface area contributed by atoms with E-state index in [1.54, 1.807) is 0 Å². The largest absolute Gasteiger partial charge is 0.242 e. The Morgan fingerprint density at radius 3 is 0.902 bits per heavy atom. The maximum atomic E-state index is 3.58. The number of rotatable bonds is 35. The number of nitrogens with one attached hydrogen (secondary N) is 2. The third-order valence-electron chi connectivity index (χ3n) is 8.30. The molecule has 2 N–H and O–H groups in total. The number of nitrogens with zero attached hydrogens (tertiary/aromatic N) is 1.